The maximum absolute atomic E-state index is 11.3. The van der Waals surface area contributed by atoms with Gasteiger partial charge in [0.05, 0.1) is 22.3 Å². The van der Waals surface area contributed by atoms with E-state index in [1.165, 1.54) is 18.5 Å². The number of carbonyl (C=O) groups excluding carboxylic acids is 1. The van der Waals surface area contributed by atoms with Crippen molar-refractivity contribution in [3.8, 4) is 6.07 Å². The highest BCUT2D eigenvalue weighted by Gasteiger charge is 2.28. The lowest BCUT2D eigenvalue weighted by Crippen LogP contribution is -2.23. The lowest BCUT2D eigenvalue weighted by Gasteiger charge is -2.20. The first-order valence-corrected chi connectivity index (χ1v) is 8.38. The predicted octanol–water partition coefficient (Wildman–Crippen LogP) is 2.80. The third-order valence-electron chi connectivity index (χ3n) is 4.28. The molecular weight excluding hydrogens is 354 g/mol. The zero-order valence-electron chi connectivity index (χ0n) is 13.8. The number of hydrogen-bond donors (Lipinski definition) is 1. The van der Waals surface area contributed by atoms with Crippen LogP contribution in [0.1, 0.15) is 28.8 Å². The molecule has 26 heavy (non-hydrogen) atoms. The molecule has 3 aromatic heterocycles. The van der Waals surface area contributed by atoms with Crippen molar-refractivity contribution in [1.29, 1.82) is 5.26 Å². The molecule has 0 unspecified atom stereocenters. The Bertz CT molecular complexity index is 1050. The van der Waals surface area contributed by atoms with Crippen molar-refractivity contribution in [3.05, 3.63) is 40.7 Å². The number of aromatic nitrogens is 4. The maximum atomic E-state index is 11.3. The standard InChI is InChI=1S/C17H14ClN7O/c1-24(12-2-3-12)15-5-14(23-17-11(9-26)8-21-25(15)17)22-16-13(18)4-10(6-19)7-20-16/h4-5,7-9,12H,2-3H2,1H3,(H,20,22,23). The third-order valence-corrected chi connectivity index (χ3v) is 4.57. The van der Waals surface area contributed by atoms with Crippen molar-refractivity contribution in [2.75, 3.05) is 17.3 Å². The van der Waals surface area contributed by atoms with E-state index in [1.807, 2.05) is 19.2 Å². The second-order valence-corrected chi connectivity index (χ2v) is 6.49. The Morgan fingerprint density at radius 1 is 1.42 bits per heavy atom. The average molecular weight is 368 g/mol. The van der Waals surface area contributed by atoms with Gasteiger partial charge in [-0.25, -0.2) is 9.97 Å². The quantitative estimate of drug-likeness (QED) is 0.692. The molecule has 3 heterocycles. The number of anilines is 3. The van der Waals surface area contributed by atoms with Crippen LogP contribution >= 0.6 is 11.6 Å². The normalized spacial score (nSPS) is 13.4. The van der Waals surface area contributed by atoms with Gasteiger partial charge in [0, 0.05) is 25.4 Å². The minimum absolute atomic E-state index is 0.312. The van der Waals surface area contributed by atoms with Crippen LogP contribution in [0.4, 0.5) is 17.5 Å². The molecule has 1 saturated carbocycles. The van der Waals surface area contributed by atoms with Crippen LogP contribution in [0.3, 0.4) is 0 Å². The van der Waals surface area contributed by atoms with Gasteiger partial charge in [-0.1, -0.05) is 11.6 Å². The summed E-state index contributed by atoms with van der Waals surface area (Å²) >= 11 is 6.19. The Morgan fingerprint density at radius 3 is 2.88 bits per heavy atom. The molecular formula is C17H14ClN7O. The van der Waals surface area contributed by atoms with Crippen molar-refractivity contribution in [1.82, 2.24) is 19.6 Å². The summed E-state index contributed by atoms with van der Waals surface area (Å²) in [5, 5.41) is 16.6. The number of nitrogens with one attached hydrogen (secondary N) is 1. The highest BCUT2D eigenvalue weighted by atomic mass is 35.5. The zero-order chi connectivity index (χ0) is 18.3. The summed E-state index contributed by atoms with van der Waals surface area (Å²) < 4.78 is 1.65. The van der Waals surface area contributed by atoms with Crippen LogP contribution in [0.25, 0.3) is 5.65 Å². The van der Waals surface area contributed by atoms with Crippen LogP contribution < -0.4 is 10.2 Å². The van der Waals surface area contributed by atoms with Crippen LogP contribution in [0, 0.1) is 11.3 Å². The number of halogens is 1. The number of carbonyl (C=O) groups is 1. The van der Waals surface area contributed by atoms with Gasteiger partial charge in [0.15, 0.2) is 11.9 Å². The largest absolute Gasteiger partial charge is 0.356 e. The number of pyridine rings is 1. The van der Waals surface area contributed by atoms with E-state index < -0.39 is 0 Å². The van der Waals surface area contributed by atoms with Gasteiger partial charge in [-0.05, 0) is 18.9 Å². The smallest absolute Gasteiger partial charge is 0.170 e. The monoisotopic (exact) mass is 367 g/mol. The summed E-state index contributed by atoms with van der Waals surface area (Å²) in [5.41, 5.74) is 1.23. The molecule has 0 saturated heterocycles. The number of nitriles is 1. The molecule has 0 amide bonds. The van der Waals surface area contributed by atoms with Crippen LogP contribution in [-0.4, -0.2) is 39.0 Å². The lowest BCUT2D eigenvalue weighted by atomic mass is 10.3. The summed E-state index contributed by atoms with van der Waals surface area (Å²) in [4.78, 5) is 22.1. The third kappa shape index (κ3) is 2.82. The van der Waals surface area contributed by atoms with Crippen molar-refractivity contribution in [2.45, 2.75) is 18.9 Å². The summed E-state index contributed by atoms with van der Waals surface area (Å²) in [6.07, 6.45) is 5.89. The van der Waals surface area contributed by atoms with Gasteiger partial charge >= 0.3 is 0 Å². The topological polar surface area (TPSA) is 99.2 Å². The summed E-state index contributed by atoms with van der Waals surface area (Å²) in [6.45, 7) is 0. The molecule has 9 heteroatoms. The predicted molar refractivity (Wildman–Crippen MR) is 97.0 cm³/mol. The Kier molecular flexibility index (Phi) is 3.93. The molecule has 0 aliphatic heterocycles. The van der Waals surface area contributed by atoms with Crippen molar-refractivity contribution in [3.63, 3.8) is 0 Å². The first-order valence-electron chi connectivity index (χ1n) is 8.00. The van der Waals surface area contributed by atoms with E-state index in [0.717, 1.165) is 24.9 Å². The highest BCUT2D eigenvalue weighted by Crippen LogP contribution is 2.32. The SMILES string of the molecule is CN(c1cc(Nc2ncc(C#N)cc2Cl)nc2c(C=O)cnn12)C1CC1. The van der Waals surface area contributed by atoms with Crippen LogP contribution in [0.2, 0.25) is 5.02 Å². The maximum Gasteiger partial charge on any atom is 0.170 e. The fourth-order valence-corrected chi connectivity index (χ4v) is 2.94. The molecule has 0 aromatic carbocycles. The Labute approximate surface area is 154 Å². The number of aldehydes is 1. The van der Waals surface area contributed by atoms with Gasteiger partial charge in [-0.2, -0.15) is 14.9 Å². The van der Waals surface area contributed by atoms with E-state index in [9.17, 15) is 4.79 Å². The molecule has 0 spiro atoms. The number of hydrogen-bond acceptors (Lipinski definition) is 7. The lowest BCUT2D eigenvalue weighted by molar-refractivity contribution is 0.112. The molecule has 1 N–H and O–H groups in total. The molecule has 3 aromatic rings. The van der Waals surface area contributed by atoms with Crippen LogP contribution in [0.15, 0.2) is 24.5 Å². The molecule has 1 aliphatic carbocycles. The van der Waals surface area contributed by atoms with E-state index >= 15 is 0 Å². The average Bonchev–Trinajstić information content (AvgIpc) is 3.42. The number of nitrogens with zero attached hydrogens (tertiary/aromatic N) is 6. The van der Waals surface area contributed by atoms with Crippen molar-refractivity contribution in [2.24, 2.45) is 0 Å². The molecule has 0 bridgehead atoms. The first kappa shape index (κ1) is 16.3. The summed E-state index contributed by atoms with van der Waals surface area (Å²) in [7, 11) is 1.99. The zero-order valence-corrected chi connectivity index (χ0v) is 14.6. The van der Waals surface area contributed by atoms with Crippen LogP contribution in [0.5, 0.6) is 0 Å². The fraction of sp³-hybridized carbons (Fsp3) is 0.235. The Balaban J connectivity index is 1.79. The van der Waals surface area contributed by atoms with Gasteiger partial charge in [-0.15, -0.1) is 0 Å². The van der Waals surface area contributed by atoms with Gasteiger partial charge in [0.2, 0.25) is 0 Å². The van der Waals surface area contributed by atoms with E-state index in [-0.39, 0.29) is 0 Å². The molecule has 4 rings (SSSR count). The van der Waals surface area contributed by atoms with Gasteiger partial charge in [0.25, 0.3) is 0 Å². The molecule has 1 fully saturated rings. The summed E-state index contributed by atoms with van der Waals surface area (Å²) in [6, 6.07) is 5.81. The van der Waals surface area contributed by atoms with Crippen molar-refractivity contribution < 1.29 is 4.79 Å². The van der Waals surface area contributed by atoms with E-state index in [1.54, 1.807) is 4.52 Å². The molecule has 0 radical (unpaired) electrons. The molecule has 1 aliphatic rings. The Hall–Kier alpha value is -3.18. The minimum atomic E-state index is 0.312. The minimum Gasteiger partial charge on any atom is -0.356 e. The summed E-state index contributed by atoms with van der Waals surface area (Å²) in [5.74, 6) is 1.69. The number of rotatable bonds is 5. The first-order chi connectivity index (χ1) is 12.6. The molecule has 8 nitrogen and oxygen atoms in total. The van der Waals surface area contributed by atoms with E-state index in [2.05, 4.69) is 25.3 Å². The van der Waals surface area contributed by atoms with Gasteiger partial charge in [0.1, 0.15) is 23.5 Å². The van der Waals surface area contributed by atoms with E-state index in [4.69, 9.17) is 16.9 Å². The van der Waals surface area contributed by atoms with Crippen LogP contribution in [-0.2, 0) is 0 Å². The van der Waals surface area contributed by atoms with Crippen molar-refractivity contribution >= 4 is 41.0 Å². The fourth-order valence-electron chi connectivity index (χ4n) is 2.72. The number of fused-ring (bicyclic) bond motifs is 1. The van der Waals surface area contributed by atoms with Gasteiger partial charge in [-0.3, -0.25) is 4.79 Å². The Morgan fingerprint density at radius 2 is 2.23 bits per heavy atom. The second-order valence-electron chi connectivity index (χ2n) is 6.09. The second kappa shape index (κ2) is 6.28. The molecule has 130 valence electrons. The highest BCUT2D eigenvalue weighted by molar-refractivity contribution is 6.33. The van der Waals surface area contributed by atoms with E-state index in [0.29, 0.717) is 39.5 Å². The molecule has 0 atom stereocenters. The van der Waals surface area contributed by atoms with Gasteiger partial charge < -0.3 is 10.2 Å².